The Morgan fingerprint density at radius 1 is 1.22 bits per heavy atom. The second kappa shape index (κ2) is 4.63. The van der Waals surface area contributed by atoms with Crippen molar-refractivity contribution in [3.8, 4) is 0 Å². The van der Waals surface area contributed by atoms with Crippen LogP contribution in [0.3, 0.4) is 0 Å². The summed E-state index contributed by atoms with van der Waals surface area (Å²) in [6.45, 7) is 0.884. The third-order valence-corrected chi connectivity index (χ3v) is 4.27. The number of nitrogens with zero attached hydrogens (tertiary/aromatic N) is 1. The summed E-state index contributed by atoms with van der Waals surface area (Å²) >= 11 is 0. The van der Waals surface area contributed by atoms with Crippen molar-refractivity contribution in [2.45, 2.75) is 38.5 Å². The van der Waals surface area contributed by atoms with Crippen LogP contribution in [0.4, 0.5) is 11.4 Å². The SMILES string of the molecule is Nc1cccc2c1CC(=O)N2CC1CCCCC1. The van der Waals surface area contributed by atoms with E-state index in [-0.39, 0.29) is 5.91 Å². The minimum absolute atomic E-state index is 0.216. The molecule has 0 radical (unpaired) electrons. The molecule has 0 spiro atoms. The molecular weight excluding hydrogens is 224 g/mol. The lowest BCUT2D eigenvalue weighted by molar-refractivity contribution is -0.117. The molecule has 0 unspecified atom stereocenters. The van der Waals surface area contributed by atoms with Crippen LogP contribution in [-0.4, -0.2) is 12.5 Å². The van der Waals surface area contributed by atoms with Crippen LogP contribution in [0.15, 0.2) is 18.2 Å². The van der Waals surface area contributed by atoms with Crippen LogP contribution in [0, 0.1) is 5.92 Å². The molecule has 1 fully saturated rings. The first-order valence-corrected chi connectivity index (χ1v) is 6.93. The highest BCUT2D eigenvalue weighted by Crippen LogP contribution is 2.35. The maximum atomic E-state index is 12.1. The Morgan fingerprint density at radius 2 is 2.00 bits per heavy atom. The fourth-order valence-electron chi connectivity index (χ4n) is 3.25. The van der Waals surface area contributed by atoms with Crippen molar-refractivity contribution in [1.82, 2.24) is 0 Å². The number of anilines is 2. The number of fused-ring (bicyclic) bond motifs is 1. The molecule has 1 aromatic carbocycles. The molecule has 1 saturated carbocycles. The summed E-state index contributed by atoms with van der Waals surface area (Å²) in [7, 11) is 0. The second-order valence-corrected chi connectivity index (χ2v) is 5.53. The molecule has 2 N–H and O–H groups in total. The van der Waals surface area contributed by atoms with Crippen LogP contribution < -0.4 is 10.6 Å². The molecule has 1 heterocycles. The van der Waals surface area contributed by atoms with E-state index in [2.05, 4.69) is 0 Å². The first-order chi connectivity index (χ1) is 8.75. The van der Waals surface area contributed by atoms with E-state index in [1.165, 1.54) is 32.1 Å². The second-order valence-electron chi connectivity index (χ2n) is 5.53. The van der Waals surface area contributed by atoms with Crippen LogP contribution in [0.25, 0.3) is 0 Å². The van der Waals surface area contributed by atoms with Gasteiger partial charge in [0.05, 0.1) is 6.42 Å². The monoisotopic (exact) mass is 244 g/mol. The van der Waals surface area contributed by atoms with Gasteiger partial charge in [-0.25, -0.2) is 0 Å². The summed E-state index contributed by atoms with van der Waals surface area (Å²) in [5.74, 6) is 0.892. The Morgan fingerprint density at radius 3 is 2.78 bits per heavy atom. The first kappa shape index (κ1) is 11.6. The average Bonchev–Trinajstić information content (AvgIpc) is 2.70. The lowest BCUT2D eigenvalue weighted by Gasteiger charge is -2.27. The lowest BCUT2D eigenvalue weighted by Crippen LogP contribution is -2.33. The maximum Gasteiger partial charge on any atom is 0.231 e. The van der Waals surface area contributed by atoms with Gasteiger partial charge in [-0.2, -0.15) is 0 Å². The van der Waals surface area contributed by atoms with Crippen molar-refractivity contribution >= 4 is 17.3 Å². The van der Waals surface area contributed by atoms with Gasteiger partial charge in [-0.15, -0.1) is 0 Å². The van der Waals surface area contributed by atoms with E-state index in [1.54, 1.807) is 0 Å². The number of carbonyl (C=O) groups excluding carboxylic acids is 1. The first-order valence-electron chi connectivity index (χ1n) is 6.93. The largest absolute Gasteiger partial charge is 0.398 e. The van der Waals surface area contributed by atoms with Crippen LogP contribution in [0.5, 0.6) is 0 Å². The molecule has 0 saturated heterocycles. The van der Waals surface area contributed by atoms with Crippen molar-refractivity contribution in [2.75, 3.05) is 17.2 Å². The number of benzene rings is 1. The number of rotatable bonds is 2. The lowest BCUT2D eigenvalue weighted by atomic mass is 9.89. The van der Waals surface area contributed by atoms with Crippen molar-refractivity contribution in [3.63, 3.8) is 0 Å². The predicted octanol–water partition coefficient (Wildman–Crippen LogP) is 2.74. The van der Waals surface area contributed by atoms with E-state index in [1.807, 2.05) is 23.1 Å². The summed E-state index contributed by atoms with van der Waals surface area (Å²) in [5.41, 5.74) is 8.78. The molecule has 18 heavy (non-hydrogen) atoms. The fourth-order valence-corrected chi connectivity index (χ4v) is 3.25. The van der Waals surface area contributed by atoms with Gasteiger partial charge in [-0.1, -0.05) is 25.3 Å². The van der Waals surface area contributed by atoms with Crippen LogP contribution in [0.1, 0.15) is 37.7 Å². The van der Waals surface area contributed by atoms with E-state index < -0.39 is 0 Å². The standard InChI is InChI=1S/C15H20N2O/c16-13-7-4-8-14-12(13)9-15(18)17(14)10-11-5-2-1-3-6-11/h4,7-8,11H,1-3,5-6,9-10,16H2. The molecule has 3 nitrogen and oxygen atoms in total. The predicted molar refractivity (Wildman–Crippen MR) is 73.5 cm³/mol. The van der Waals surface area contributed by atoms with E-state index in [9.17, 15) is 4.79 Å². The number of carbonyl (C=O) groups is 1. The summed E-state index contributed by atoms with van der Waals surface area (Å²) in [5, 5.41) is 0. The van der Waals surface area contributed by atoms with Crippen molar-refractivity contribution < 1.29 is 4.79 Å². The van der Waals surface area contributed by atoms with Crippen molar-refractivity contribution in [2.24, 2.45) is 5.92 Å². The van der Waals surface area contributed by atoms with Gasteiger partial charge in [-0.3, -0.25) is 4.79 Å². The van der Waals surface area contributed by atoms with Gasteiger partial charge in [0.2, 0.25) is 5.91 Å². The molecular formula is C15H20N2O. The molecule has 0 aromatic heterocycles. The van der Waals surface area contributed by atoms with Gasteiger partial charge in [0.15, 0.2) is 0 Å². The van der Waals surface area contributed by atoms with Gasteiger partial charge >= 0.3 is 0 Å². The molecule has 1 amide bonds. The van der Waals surface area contributed by atoms with Gasteiger partial charge < -0.3 is 10.6 Å². The summed E-state index contributed by atoms with van der Waals surface area (Å²) < 4.78 is 0. The Balaban J connectivity index is 1.81. The van der Waals surface area contributed by atoms with Crippen LogP contribution >= 0.6 is 0 Å². The third-order valence-electron chi connectivity index (χ3n) is 4.27. The smallest absolute Gasteiger partial charge is 0.231 e. The summed E-state index contributed by atoms with van der Waals surface area (Å²) in [6, 6.07) is 5.86. The molecule has 0 atom stereocenters. The Bertz CT molecular complexity index is 464. The minimum atomic E-state index is 0.216. The molecule has 1 aromatic rings. The topological polar surface area (TPSA) is 46.3 Å². The van der Waals surface area contributed by atoms with Gasteiger partial charge in [0.25, 0.3) is 0 Å². The Kier molecular flexibility index (Phi) is 2.98. The number of hydrogen-bond acceptors (Lipinski definition) is 2. The zero-order valence-electron chi connectivity index (χ0n) is 10.7. The highest BCUT2D eigenvalue weighted by Gasteiger charge is 2.30. The van der Waals surface area contributed by atoms with E-state index in [4.69, 9.17) is 5.73 Å². The maximum absolute atomic E-state index is 12.1. The van der Waals surface area contributed by atoms with Gasteiger partial charge in [0.1, 0.15) is 0 Å². The van der Waals surface area contributed by atoms with Gasteiger partial charge in [-0.05, 0) is 30.9 Å². The highest BCUT2D eigenvalue weighted by atomic mass is 16.2. The van der Waals surface area contributed by atoms with E-state index >= 15 is 0 Å². The number of nitrogen functional groups attached to an aromatic ring is 1. The molecule has 2 aliphatic rings. The molecule has 0 bridgehead atoms. The Hall–Kier alpha value is -1.51. The van der Waals surface area contributed by atoms with Gasteiger partial charge in [0, 0.05) is 23.5 Å². The molecule has 3 heteroatoms. The number of nitrogens with two attached hydrogens (primary N) is 1. The Labute approximate surface area is 108 Å². The third kappa shape index (κ3) is 1.98. The molecule has 1 aliphatic carbocycles. The quantitative estimate of drug-likeness (QED) is 0.813. The van der Waals surface area contributed by atoms with E-state index in [0.29, 0.717) is 12.3 Å². The molecule has 3 rings (SSSR count). The summed E-state index contributed by atoms with van der Waals surface area (Å²) in [4.78, 5) is 14.1. The number of hydrogen-bond donors (Lipinski definition) is 1. The molecule has 96 valence electrons. The normalized spacial score (nSPS) is 20.2. The van der Waals surface area contributed by atoms with Crippen LogP contribution in [0.2, 0.25) is 0 Å². The highest BCUT2D eigenvalue weighted by molar-refractivity contribution is 6.03. The van der Waals surface area contributed by atoms with Crippen molar-refractivity contribution in [3.05, 3.63) is 23.8 Å². The zero-order valence-corrected chi connectivity index (χ0v) is 10.7. The van der Waals surface area contributed by atoms with Crippen molar-refractivity contribution in [1.29, 1.82) is 0 Å². The molecule has 1 aliphatic heterocycles. The number of amides is 1. The fraction of sp³-hybridized carbons (Fsp3) is 0.533. The van der Waals surface area contributed by atoms with Crippen LogP contribution in [-0.2, 0) is 11.2 Å². The minimum Gasteiger partial charge on any atom is -0.398 e. The van der Waals surface area contributed by atoms with E-state index in [0.717, 1.165) is 23.5 Å². The average molecular weight is 244 g/mol. The summed E-state index contributed by atoms with van der Waals surface area (Å²) in [6.07, 6.45) is 7.00. The zero-order chi connectivity index (χ0) is 12.5.